The maximum absolute atomic E-state index is 14.8. The quantitative estimate of drug-likeness (QED) is 0.538. The summed E-state index contributed by atoms with van der Waals surface area (Å²) in [4.78, 5) is 18.7. The maximum Gasteiger partial charge on any atom is 0.163 e. The normalized spacial score (nSPS) is 23.6. The Balaban J connectivity index is 1.56. The second-order valence-electron chi connectivity index (χ2n) is 9.16. The van der Waals surface area contributed by atoms with Crippen LogP contribution in [0, 0.1) is 18.6 Å². The van der Waals surface area contributed by atoms with Crippen LogP contribution in [0.3, 0.4) is 0 Å². The predicted molar refractivity (Wildman–Crippen MR) is 128 cm³/mol. The lowest BCUT2D eigenvalue weighted by Crippen LogP contribution is -2.33. The molecule has 2 N–H and O–H groups in total. The van der Waals surface area contributed by atoms with Crippen LogP contribution in [-0.2, 0) is 4.74 Å². The van der Waals surface area contributed by atoms with Crippen LogP contribution < -0.4 is 5.73 Å². The van der Waals surface area contributed by atoms with Crippen molar-refractivity contribution in [2.75, 3.05) is 0 Å². The Labute approximate surface area is 197 Å². The number of ether oxygens (including phenoxy) is 1. The van der Waals surface area contributed by atoms with Gasteiger partial charge >= 0.3 is 0 Å². The van der Waals surface area contributed by atoms with Crippen LogP contribution in [0.15, 0.2) is 47.1 Å². The van der Waals surface area contributed by atoms with Gasteiger partial charge in [-0.15, -0.1) is 0 Å². The van der Waals surface area contributed by atoms with Gasteiger partial charge in [0.1, 0.15) is 17.5 Å². The summed E-state index contributed by atoms with van der Waals surface area (Å²) in [6.45, 7) is 3.89. The number of nitrogens with zero attached hydrogens (tertiary/aromatic N) is 4. The molecule has 8 heteroatoms. The van der Waals surface area contributed by atoms with Gasteiger partial charge in [-0.3, -0.25) is 4.99 Å². The molecular formula is C26H27F2N5O. The monoisotopic (exact) mass is 463 g/mol. The first-order valence-electron chi connectivity index (χ1n) is 11.6. The zero-order valence-corrected chi connectivity index (χ0v) is 19.2. The number of hydrogen-bond acceptors (Lipinski definition) is 6. The Kier molecular flexibility index (Phi) is 6.08. The van der Waals surface area contributed by atoms with Gasteiger partial charge in [0, 0.05) is 46.6 Å². The molecule has 3 aromatic rings. The molecule has 1 aliphatic heterocycles. The first-order valence-corrected chi connectivity index (χ1v) is 11.6. The van der Waals surface area contributed by atoms with Crippen molar-refractivity contribution in [2.45, 2.75) is 63.7 Å². The molecule has 2 fully saturated rings. The highest BCUT2D eigenvalue weighted by atomic mass is 19.1. The lowest BCUT2D eigenvalue weighted by Gasteiger charge is -2.33. The van der Waals surface area contributed by atoms with E-state index in [2.05, 4.69) is 9.98 Å². The van der Waals surface area contributed by atoms with Crippen molar-refractivity contribution >= 4 is 17.2 Å². The third kappa shape index (κ3) is 4.68. The van der Waals surface area contributed by atoms with Crippen molar-refractivity contribution in [3.63, 3.8) is 0 Å². The molecule has 5 rings (SSSR count). The molecule has 0 unspecified atom stereocenters. The number of hydrogen-bond donors (Lipinski definition) is 1. The van der Waals surface area contributed by atoms with Gasteiger partial charge in [-0.2, -0.15) is 0 Å². The number of aromatic nitrogens is 3. The van der Waals surface area contributed by atoms with E-state index in [0.29, 0.717) is 41.4 Å². The lowest BCUT2D eigenvalue weighted by molar-refractivity contribution is -0.0272. The number of aryl methyl sites for hydroxylation is 1. The first-order chi connectivity index (χ1) is 16.4. The lowest BCUT2D eigenvalue weighted by atomic mass is 9.88. The smallest absolute Gasteiger partial charge is 0.163 e. The molecule has 6 nitrogen and oxygen atoms in total. The molecular weight excluding hydrogens is 436 g/mol. The fourth-order valence-electron chi connectivity index (χ4n) is 4.41. The number of nitrogens with two attached hydrogens (primary N) is 1. The van der Waals surface area contributed by atoms with Crippen molar-refractivity contribution in [2.24, 2.45) is 10.7 Å². The number of rotatable bonds is 5. The van der Waals surface area contributed by atoms with Gasteiger partial charge < -0.3 is 10.5 Å². The summed E-state index contributed by atoms with van der Waals surface area (Å²) in [5, 5.41) is 0.621. The van der Waals surface area contributed by atoms with Crippen LogP contribution in [-0.4, -0.2) is 39.4 Å². The summed E-state index contributed by atoms with van der Waals surface area (Å²) >= 11 is 0. The first kappa shape index (κ1) is 22.5. The van der Waals surface area contributed by atoms with E-state index in [-0.39, 0.29) is 23.7 Å². The molecule has 34 heavy (non-hydrogen) atoms. The minimum atomic E-state index is -0.672. The number of benzene rings is 1. The molecule has 3 atom stereocenters. The second kappa shape index (κ2) is 9.18. The van der Waals surface area contributed by atoms with Gasteiger partial charge in [0.15, 0.2) is 5.65 Å². The van der Waals surface area contributed by atoms with Crippen LogP contribution in [0.1, 0.15) is 50.0 Å². The van der Waals surface area contributed by atoms with E-state index in [1.54, 1.807) is 6.20 Å². The van der Waals surface area contributed by atoms with Gasteiger partial charge in [0.2, 0.25) is 0 Å². The van der Waals surface area contributed by atoms with Crippen molar-refractivity contribution in [1.82, 2.24) is 15.0 Å². The Hall–Kier alpha value is -3.26. The van der Waals surface area contributed by atoms with Crippen molar-refractivity contribution in [3.8, 4) is 11.3 Å². The van der Waals surface area contributed by atoms with E-state index < -0.39 is 11.6 Å². The average Bonchev–Trinajstić information content (AvgIpc) is 3.63. The van der Waals surface area contributed by atoms with Crippen LogP contribution >= 0.6 is 0 Å². The third-order valence-corrected chi connectivity index (χ3v) is 6.32. The number of aliphatic imine (C=N–C) groups is 1. The maximum atomic E-state index is 14.8. The minimum Gasteiger partial charge on any atom is -0.404 e. The number of halogens is 2. The Morgan fingerprint density at radius 2 is 1.94 bits per heavy atom. The van der Waals surface area contributed by atoms with Gasteiger partial charge in [0.05, 0.1) is 23.9 Å². The van der Waals surface area contributed by atoms with Gasteiger partial charge in [-0.25, -0.2) is 23.7 Å². The number of pyridine rings is 1. The highest BCUT2D eigenvalue weighted by Gasteiger charge is 2.33. The Bertz CT molecular complexity index is 1290. The predicted octanol–water partition coefficient (Wildman–Crippen LogP) is 5.01. The van der Waals surface area contributed by atoms with Crippen molar-refractivity contribution < 1.29 is 13.5 Å². The molecule has 176 valence electrons. The van der Waals surface area contributed by atoms with Gasteiger partial charge in [0.25, 0.3) is 0 Å². The molecule has 3 heterocycles. The van der Waals surface area contributed by atoms with E-state index in [4.69, 9.17) is 20.4 Å². The third-order valence-electron chi connectivity index (χ3n) is 6.32. The van der Waals surface area contributed by atoms with Crippen LogP contribution in [0.4, 0.5) is 8.78 Å². The van der Waals surface area contributed by atoms with E-state index in [1.807, 2.05) is 32.2 Å². The minimum absolute atomic E-state index is 0.0491. The SMILES string of the molecule is Cc1ccc2c(-c3ccc(F)cc3F)nc([C@H]3C[C@@H](C)O[C@H](/C(C=NC4CC4)=C/N)C3)nc2n1. The molecule has 1 saturated heterocycles. The fraction of sp³-hybridized carbons (Fsp3) is 0.385. The summed E-state index contributed by atoms with van der Waals surface area (Å²) in [5.41, 5.74) is 8.66. The van der Waals surface area contributed by atoms with E-state index >= 15 is 0 Å². The zero-order valence-electron chi connectivity index (χ0n) is 19.2. The molecule has 1 aliphatic carbocycles. The molecule has 0 radical (unpaired) electrons. The van der Waals surface area contributed by atoms with E-state index in [9.17, 15) is 8.78 Å². The molecule has 1 aromatic carbocycles. The largest absolute Gasteiger partial charge is 0.404 e. The molecule has 2 aromatic heterocycles. The summed E-state index contributed by atoms with van der Waals surface area (Å²) in [6, 6.07) is 7.57. The van der Waals surface area contributed by atoms with Gasteiger partial charge in [-0.05, 0) is 63.8 Å². The van der Waals surface area contributed by atoms with Crippen LogP contribution in [0.5, 0.6) is 0 Å². The van der Waals surface area contributed by atoms with Crippen molar-refractivity contribution in [1.29, 1.82) is 0 Å². The van der Waals surface area contributed by atoms with Crippen molar-refractivity contribution in [3.05, 3.63) is 65.3 Å². The Morgan fingerprint density at radius 1 is 1.12 bits per heavy atom. The summed E-state index contributed by atoms with van der Waals surface area (Å²) in [7, 11) is 0. The molecule has 2 aliphatic rings. The molecule has 1 saturated carbocycles. The van der Waals surface area contributed by atoms with Crippen LogP contribution in [0.2, 0.25) is 0 Å². The highest BCUT2D eigenvalue weighted by molar-refractivity contribution is 5.90. The van der Waals surface area contributed by atoms with Crippen LogP contribution in [0.25, 0.3) is 22.3 Å². The summed E-state index contributed by atoms with van der Waals surface area (Å²) in [6.07, 6.45) is 6.63. The average molecular weight is 464 g/mol. The second-order valence-corrected chi connectivity index (χ2v) is 9.16. The molecule has 0 bridgehead atoms. The standard InChI is InChI=1S/C26H27F2N5O/c1-14-3-7-21-24(20-8-4-18(27)11-22(20)28)32-25(33-26(21)31-14)16-9-15(2)34-23(10-16)17(12-29)13-30-19-5-6-19/h3-4,7-8,11-13,15-16,19,23H,5-6,9-10,29H2,1-2H3/b17-12+,30-13?/t15-,16+,23+/m1/s1. The van der Waals surface area contributed by atoms with E-state index in [0.717, 1.165) is 30.2 Å². The summed E-state index contributed by atoms with van der Waals surface area (Å²) in [5.74, 6) is -0.787. The number of fused-ring (bicyclic) bond motifs is 1. The fourth-order valence-corrected chi connectivity index (χ4v) is 4.41. The van der Waals surface area contributed by atoms with Gasteiger partial charge in [-0.1, -0.05) is 0 Å². The summed E-state index contributed by atoms with van der Waals surface area (Å²) < 4.78 is 34.5. The zero-order chi connectivity index (χ0) is 23.8. The highest BCUT2D eigenvalue weighted by Crippen LogP contribution is 2.37. The molecule has 0 amide bonds. The topological polar surface area (TPSA) is 86.3 Å². The Morgan fingerprint density at radius 3 is 2.68 bits per heavy atom. The van der Waals surface area contributed by atoms with E-state index in [1.165, 1.54) is 12.1 Å². The molecule has 0 spiro atoms.